The molecule has 0 aromatic heterocycles. The highest BCUT2D eigenvalue weighted by Crippen LogP contribution is 2.36. The number of aromatic hydroxyl groups is 1. The van der Waals surface area contributed by atoms with Crippen LogP contribution in [0.1, 0.15) is 28.4 Å². The summed E-state index contributed by atoms with van der Waals surface area (Å²) in [4.78, 5) is 24.2. The van der Waals surface area contributed by atoms with Gasteiger partial charge in [-0.15, -0.1) is 0 Å². The summed E-state index contributed by atoms with van der Waals surface area (Å²) in [5, 5.41) is 9.96. The smallest absolute Gasteiger partial charge is 0.344 e. The van der Waals surface area contributed by atoms with Crippen molar-refractivity contribution in [3.05, 3.63) is 54.6 Å². The molecule has 0 amide bonds. The normalized spacial score (nSPS) is 10.6. The van der Waals surface area contributed by atoms with Gasteiger partial charge in [-0.1, -0.05) is 23.2 Å². The van der Waals surface area contributed by atoms with Gasteiger partial charge in [0.15, 0.2) is 12.4 Å². The molecule has 0 saturated heterocycles. The van der Waals surface area contributed by atoms with E-state index in [2.05, 4.69) is 0 Å². The number of phenolic OH excluding ortho intramolecular Hbond substituents is 1. The zero-order chi connectivity index (χ0) is 20.1. The summed E-state index contributed by atoms with van der Waals surface area (Å²) in [6.07, 6.45) is 0. The van der Waals surface area contributed by atoms with Gasteiger partial charge in [-0.05, 0) is 53.8 Å². The Balaban J connectivity index is 2.32. The minimum absolute atomic E-state index is 0.000377. The Morgan fingerprint density at radius 2 is 1.93 bits per heavy atom. The summed E-state index contributed by atoms with van der Waals surface area (Å²) in [6.45, 7) is 1.67. The van der Waals surface area contributed by atoms with E-state index in [0.717, 1.165) is 0 Å². The quantitative estimate of drug-likeness (QED) is 0.324. The lowest BCUT2D eigenvalue weighted by atomic mass is 10.0. The standard InChI is InChI=1S/C18H16Cl2INO5/c1-2-26-14(23)8-27-13-4-3-11(15(19)16(13)20)17(24)9-5-10(7-22)18(25)12(21)6-9/h3-6,25H,2,7-8,22H2,1H3. The summed E-state index contributed by atoms with van der Waals surface area (Å²) in [5.74, 6) is -0.722. The van der Waals surface area contributed by atoms with Gasteiger partial charge in [0.05, 0.1) is 15.2 Å². The molecule has 144 valence electrons. The van der Waals surface area contributed by atoms with Crippen molar-refractivity contribution >= 4 is 57.5 Å². The van der Waals surface area contributed by atoms with Crippen molar-refractivity contribution in [1.82, 2.24) is 0 Å². The second-order valence-corrected chi connectivity index (χ2v) is 7.25. The highest BCUT2D eigenvalue weighted by molar-refractivity contribution is 14.1. The molecule has 2 aromatic carbocycles. The molecule has 9 heteroatoms. The Kier molecular flexibility index (Phi) is 7.72. The van der Waals surface area contributed by atoms with E-state index in [9.17, 15) is 14.7 Å². The summed E-state index contributed by atoms with van der Waals surface area (Å²) in [6, 6.07) is 5.96. The fourth-order valence-corrected chi connectivity index (χ4v) is 3.40. The molecule has 0 aliphatic heterocycles. The molecule has 0 radical (unpaired) electrons. The van der Waals surface area contributed by atoms with Crippen LogP contribution in [0, 0.1) is 3.57 Å². The van der Waals surface area contributed by atoms with E-state index < -0.39 is 5.97 Å². The molecular weight excluding hydrogens is 508 g/mol. The van der Waals surface area contributed by atoms with Crippen molar-refractivity contribution < 1.29 is 24.2 Å². The van der Waals surface area contributed by atoms with E-state index in [1.807, 2.05) is 22.6 Å². The third-order valence-electron chi connectivity index (χ3n) is 3.57. The Morgan fingerprint density at radius 3 is 2.56 bits per heavy atom. The zero-order valence-electron chi connectivity index (χ0n) is 14.2. The van der Waals surface area contributed by atoms with Crippen LogP contribution in [0.4, 0.5) is 0 Å². The number of phenols is 1. The maximum atomic E-state index is 12.8. The number of ether oxygens (including phenoxy) is 2. The first-order valence-electron chi connectivity index (χ1n) is 7.82. The van der Waals surface area contributed by atoms with Gasteiger partial charge < -0.3 is 20.3 Å². The molecule has 0 spiro atoms. The molecule has 0 saturated carbocycles. The number of hydrogen-bond acceptors (Lipinski definition) is 6. The van der Waals surface area contributed by atoms with Gasteiger partial charge in [-0.2, -0.15) is 0 Å². The van der Waals surface area contributed by atoms with Crippen LogP contribution in [-0.2, 0) is 16.1 Å². The second kappa shape index (κ2) is 9.59. The zero-order valence-corrected chi connectivity index (χ0v) is 17.9. The molecule has 2 aromatic rings. The van der Waals surface area contributed by atoms with Crippen molar-refractivity contribution in [3.63, 3.8) is 0 Å². The van der Waals surface area contributed by atoms with Gasteiger partial charge in [0.1, 0.15) is 16.5 Å². The van der Waals surface area contributed by atoms with E-state index in [0.29, 0.717) is 14.7 Å². The van der Waals surface area contributed by atoms with Crippen LogP contribution >= 0.6 is 45.8 Å². The molecule has 0 heterocycles. The van der Waals surface area contributed by atoms with Crippen LogP contribution in [0.25, 0.3) is 0 Å². The maximum absolute atomic E-state index is 12.8. The van der Waals surface area contributed by atoms with Crippen molar-refractivity contribution in [3.8, 4) is 11.5 Å². The number of rotatable bonds is 7. The lowest BCUT2D eigenvalue weighted by Gasteiger charge is -2.12. The second-order valence-electron chi connectivity index (χ2n) is 5.33. The van der Waals surface area contributed by atoms with Gasteiger partial charge in [-0.25, -0.2) is 4.79 Å². The number of carbonyl (C=O) groups excluding carboxylic acids is 2. The monoisotopic (exact) mass is 523 g/mol. The number of esters is 1. The van der Waals surface area contributed by atoms with Crippen LogP contribution < -0.4 is 10.5 Å². The van der Waals surface area contributed by atoms with Gasteiger partial charge in [0.25, 0.3) is 0 Å². The molecule has 0 atom stereocenters. The molecule has 2 rings (SSSR count). The molecule has 0 fully saturated rings. The van der Waals surface area contributed by atoms with Crippen LogP contribution in [0.5, 0.6) is 11.5 Å². The van der Waals surface area contributed by atoms with E-state index >= 15 is 0 Å². The van der Waals surface area contributed by atoms with E-state index in [1.54, 1.807) is 6.92 Å². The Labute approximate surface area is 179 Å². The van der Waals surface area contributed by atoms with Crippen LogP contribution in [-0.4, -0.2) is 30.1 Å². The first kappa shape index (κ1) is 21.7. The number of nitrogens with two attached hydrogens (primary N) is 1. The van der Waals surface area contributed by atoms with Crippen LogP contribution in [0.15, 0.2) is 24.3 Å². The summed E-state index contributed by atoms with van der Waals surface area (Å²) >= 11 is 14.3. The number of ketones is 1. The fourth-order valence-electron chi connectivity index (χ4n) is 2.26. The molecule has 0 bridgehead atoms. The lowest BCUT2D eigenvalue weighted by molar-refractivity contribution is -0.145. The highest BCUT2D eigenvalue weighted by atomic mass is 127. The van der Waals surface area contributed by atoms with E-state index in [-0.39, 0.29) is 52.6 Å². The molecule has 0 aliphatic rings. The number of halogens is 3. The summed E-state index contributed by atoms with van der Waals surface area (Å²) in [5.41, 5.74) is 6.53. The van der Waals surface area contributed by atoms with Crippen molar-refractivity contribution in [1.29, 1.82) is 0 Å². The first-order chi connectivity index (χ1) is 12.8. The Bertz CT molecular complexity index is 889. The molecule has 3 N–H and O–H groups in total. The predicted octanol–water partition coefficient (Wildman–Crippen LogP) is 3.94. The third kappa shape index (κ3) is 5.04. The van der Waals surface area contributed by atoms with Crippen molar-refractivity contribution in [2.75, 3.05) is 13.2 Å². The third-order valence-corrected chi connectivity index (χ3v) is 5.25. The number of carbonyl (C=O) groups is 2. The topological polar surface area (TPSA) is 98.8 Å². The predicted molar refractivity (Wildman–Crippen MR) is 111 cm³/mol. The minimum Gasteiger partial charge on any atom is -0.507 e. The Hall–Kier alpha value is -1.55. The maximum Gasteiger partial charge on any atom is 0.344 e. The highest BCUT2D eigenvalue weighted by Gasteiger charge is 2.20. The molecular formula is C18H16Cl2INO5. The fraction of sp³-hybridized carbons (Fsp3) is 0.222. The van der Waals surface area contributed by atoms with E-state index in [4.69, 9.17) is 38.4 Å². The number of hydrogen-bond donors (Lipinski definition) is 2. The molecule has 0 aliphatic carbocycles. The molecule has 27 heavy (non-hydrogen) atoms. The van der Waals surface area contributed by atoms with Crippen LogP contribution in [0.3, 0.4) is 0 Å². The largest absolute Gasteiger partial charge is 0.507 e. The average Bonchev–Trinajstić information content (AvgIpc) is 2.64. The van der Waals surface area contributed by atoms with Crippen molar-refractivity contribution in [2.24, 2.45) is 5.73 Å². The van der Waals surface area contributed by atoms with Gasteiger partial charge >= 0.3 is 5.97 Å². The van der Waals surface area contributed by atoms with Crippen LogP contribution in [0.2, 0.25) is 10.0 Å². The average molecular weight is 524 g/mol. The lowest BCUT2D eigenvalue weighted by Crippen LogP contribution is -2.15. The van der Waals surface area contributed by atoms with Gasteiger partial charge in [0, 0.05) is 23.2 Å². The minimum atomic E-state index is -0.544. The SMILES string of the molecule is CCOC(=O)COc1ccc(C(=O)c2cc(I)c(O)c(CN)c2)c(Cl)c1Cl. The molecule has 0 unspecified atom stereocenters. The molecule has 6 nitrogen and oxygen atoms in total. The Morgan fingerprint density at radius 1 is 1.22 bits per heavy atom. The number of benzene rings is 2. The first-order valence-corrected chi connectivity index (χ1v) is 9.66. The van der Waals surface area contributed by atoms with E-state index in [1.165, 1.54) is 24.3 Å². The van der Waals surface area contributed by atoms with Crippen molar-refractivity contribution in [2.45, 2.75) is 13.5 Å². The van der Waals surface area contributed by atoms with Gasteiger partial charge in [0.2, 0.25) is 0 Å². The van der Waals surface area contributed by atoms with Gasteiger partial charge in [-0.3, -0.25) is 4.79 Å². The summed E-state index contributed by atoms with van der Waals surface area (Å²) in [7, 11) is 0. The summed E-state index contributed by atoms with van der Waals surface area (Å²) < 4.78 is 10.6.